The van der Waals surface area contributed by atoms with Gasteiger partial charge in [-0.25, -0.2) is 4.79 Å². The largest absolute Gasteiger partial charge is 0.508 e. The second kappa shape index (κ2) is 8.98. The topological polar surface area (TPSA) is 55.8 Å². The van der Waals surface area contributed by atoms with Gasteiger partial charge >= 0.3 is 5.97 Å². The van der Waals surface area contributed by atoms with Gasteiger partial charge in [-0.1, -0.05) is 50.4 Å². The molecule has 3 heterocycles. The summed E-state index contributed by atoms with van der Waals surface area (Å²) in [5.41, 5.74) is 1.69. The van der Waals surface area contributed by atoms with Gasteiger partial charge in [0.25, 0.3) is 0 Å². The Morgan fingerprint density at radius 2 is 1.79 bits per heavy atom. The highest BCUT2D eigenvalue weighted by atomic mass is 79.9. The molecule has 1 fully saturated rings. The number of benzene rings is 1. The van der Waals surface area contributed by atoms with Gasteiger partial charge in [0.15, 0.2) is 0 Å². The van der Waals surface area contributed by atoms with Crippen LogP contribution in [0.4, 0.5) is 0 Å². The Morgan fingerprint density at radius 1 is 1.06 bits per heavy atom. The maximum Gasteiger partial charge on any atom is 0.338 e. The molecule has 3 aliphatic heterocycles. The van der Waals surface area contributed by atoms with Crippen LogP contribution in [-0.2, 0) is 15.9 Å². The molecule has 1 N–H and O–H groups in total. The van der Waals surface area contributed by atoms with Crippen LogP contribution in [0.3, 0.4) is 0 Å². The lowest BCUT2D eigenvalue weighted by Gasteiger charge is -2.50. The number of carbonyl (C=O) groups is 1. The predicted octanol–water partition coefficient (Wildman–Crippen LogP) is 7.10. The van der Waals surface area contributed by atoms with Crippen molar-refractivity contribution in [2.45, 2.75) is 100 Å². The van der Waals surface area contributed by atoms with Crippen molar-refractivity contribution in [3.05, 3.63) is 41.0 Å². The number of phenolic OH excluding ortho intramolecular Hbond substituents is 1. The first-order chi connectivity index (χ1) is 15.4. The van der Waals surface area contributed by atoms with E-state index in [-0.39, 0.29) is 39.6 Å². The Hall–Kier alpha value is -0.850. The summed E-state index contributed by atoms with van der Waals surface area (Å²) >= 11 is 8.00. The van der Waals surface area contributed by atoms with Crippen LogP contribution in [0, 0.1) is 11.3 Å². The standard InChI is InChI=1S/C27H36Br2O4/c1-16-6-9-21(28)26(4)12-10-22(29)27(5)13-11-23(25(2,3)33-27)32-24(31)17-7-8-20(30)18(14-17)15-19(16)26/h6-8,14,19,21-23,30H,9-13,15H2,1-5H3/t19?,21-,22+,23-,26-,27-/m0/s1. The minimum atomic E-state index is -0.594. The number of hydrogen-bond acceptors (Lipinski definition) is 4. The number of carbonyl (C=O) groups excluding carboxylic acids is 1. The maximum atomic E-state index is 13.1. The van der Waals surface area contributed by atoms with Gasteiger partial charge in [0.2, 0.25) is 0 Å². The zero-order valence-electron chi connectivity index (χ0n) is 20.3. The third-order valence-electron chi connectivity index (χ3n) is 8.47. The van der Waals surface area contributed by atoms with Crippen LogP contribution in [0.5, 0.6) is 5.75 Å². The molecule has 6 atom stereocenters. The molecule has 4 bridgehead atoms. The fraction of sp³-hybridized carbons (Fsp3) is 0.667. The quantitative estimate of drug-likeness (QED) is 0.201. The molecule has 4 aliphatic rings. The summed E-state index contributed by atoms with van der Waals surface area (Å²) in [6.07, 6.45) is 7.24. The Bertz CT molecular complexity index is 957. The van der Waals surface area contributed by atoms with Crippen LogP contribution >= 0.6 is 31.9 Å². The highest BCUT2D eigenvalue weighted by Gasteiger charge is 2.50. The number of phenols is 1. The van der Waals surface area contributed by atoms with E-state index in [1.165, 1.54) is 5.57 Å². The monoisotopic (exact) mass is 582 g/mol. The number of hydrogen-bond donors (Lipinski definition) is 1. The van der Waals surface area contributed by atoms with E-state index in [0.29, 0.717) is 16.8 Å². The van der Waals surface area contributed by atoms with E-state index >= 15 is 0 Å². The van der Waals surface area contributed by atoms with Gasteiger partial charge in [-0.05, 0) is 101 Å². The zero-order valence-corrected chi connectivity index (χ0v) is 23.5. The van der Waals surface area contributed by atoms with Crippen molar-refractivity contribution < 1.29 is 19.4 Å². The molecule has 182 valence electrons. The number of allylic oxidation sites excluding steroid dienone is 2. The first kappa shape index (κ1) is 25.2. The number of halogens is 2. The van der Waals surface area contributed by atoms with Gasteiger partial charge < -0.3 is 14.6 Å². The molecule has 0 amide bonds. The van der Waals surface area contributed by atoms with Gasteiger partial charge in [-0.15, -0.1) is 0 Å². The van der Waals surface area contributed by atoms with Crippen molar-refractivity contribution in [2.24, 2.45) is 11.3 Å². The Kier molecular flexibility index (Phi) is 6.87. The zero-order chi connectivity index (χ0) is 24.2. The summed E-state index contributed by atoms with van der Waals surface area (Å²) in [6.45, 7) is 10.8. The molecule has 1 aromatic rings. The molecule has 0 saturated carbocycles. The molecule has 6 heteroatoms. The van der Waals surface area contributed by atoms with Gasteiger partial charge in [0.05, 0.1) is 11.2 Å². The fourth-order valence-corrected chi connectivity index (χ4v) is 7.39. The van der Waals surface area contributed by atoms with Crippen LogP contribution in [0.2, 0.25) is 0 Å². The third-order valence-corrected chi connectivity index (χ3v) is 11.3. The number of aromatic hydroxyl groups is 1. The smallest absolute Gasteiger partial charge is 0.338 e. The van der Waals surface area contributed by atoms with Crippen molar-refractivity contribution in [1.82, 2.24) is 0 Å². The predicted molar refractivity (Wildman–Crippen MR) is 138 cm³/mol. The highest BCUT2D eigenvalue weighted by molar-refractivity contribution is 9.09. The number of esters is 1. The van der Waals surface area contributed by atoms with Gasteiger partial charge in [0, 0.05) is 9.65 Å². The first-order valence-electron chi connectivity index (χ1n) is 12.0. The molecule has 1 aliphatic carbocycles. The Balaban J connectivity index is 1.79. The normalized spacial score (nSPS) is 39.0. The lowest BCUT2D eigenvalue weighted by molar-refractivity contribution is -0.214. The molecule has 0 aromatic heterocycles. The molecule has 5 rings (SSSR count). The molecule has 1 unspecified atom stereocenters. The van der Waals surface area contributed by atoms with Gasteiger partial charge in [-0.3, -0.25) is 0 Å². The van der Waals surface area contributed by atoms with E-state index in [1.807, 2.05) is 19.9 Å². The second-order valence-electron chi connectivity index (χ2n) is 11.2. The number of rotatable bonds is 0. The summed E-state index contributed by atoms with van der Waals surface area (Å²) in [5.74, 6) is 0.126. The molecule has 0 radical (unpaired) electrons. The van der Waals surface area contributed by atoms with Gasteiger partial charge in [-0.2, -0.15) is 0 Å². The van der Waals surface area contributed by atoms with Crippen LogP contribution in [0.25, 0.3) is 0 Å². The minimum Gasteiger partial charge on any atom is -0.508 e. The summed E-state index contributed by atoms with van der Waals surface area (Å²) in [5, 5.41) is 10.7. The summed E-state index contributed by atoms with van der Waals surface area (Å²) in [6, 6.07) is 5.10. The number of alkyl halides is 2. The van der Waals surface area contributed by atoms with E-state index in [0.717, 1.165) is 37.7 Å². The summed E-state index contributed by atoms with van der Waals surface area (Å²) in [4.78, 5) is 13.6. The van der Waals surface area contributed by atoms with Crippen LogP contribution in [0.1, 0.15) is 82.6 Å². The Morgan fingerprint density at radius 3 is 2.48 bits per heavy atom. The molecule has 0 spiro atoms. The average Bonchev–Trinajstić information content (AvgIpc) is 2.74. The summed E-state index contributed by atoms with van der Waals surface area (Å²) < 4.78 is 12.6. The first-order valence-corrected chi connectivity index (χ1v) is 13.9. The van der Waals surface area contributed by atoms with Crippen LogP contribution < -0.4 is 0 Å². The summed E-state index contributed by atoms with van der Waals surface area (Å²) in [7, 11) is 0. The number of ether oxygens (including phenoxy) is 2. The second-order valence-corrected chi connectivity index (χ2v) is 13.4. The van der Waals surface area contributed by atoms with E-state index in [4.69, 9.17) is 9.47 Å². The third kappa shape index (κ3) is 4.69. The maximum absolute atomic E-state index is 13.1. The molecular weight excluding hydrogens is 548 g/mol. The lowest BCUT2D eigenvalue weighted by atomic mass is 9.62. The molecular formula is C27H36Br2O4. The van der Waals surface area contributed by atoms with Gasteiger partial charge in [0.1, 0.15) is 17.5 Å². The fourth-order valence-electron chi connectivity index (χ4n) is 6.10. The van der Waals surface area contributed by atoms with E-state index in [9.17, 15) is 9.90 Å². The van der Waals surface area contributed by atoms with Crippen molar-refractivity contribution in [2.75, 3.05) is 0 Å². The van der Waals surface area contributed by atoms with Crippen LogP contribution in [-0.4, -0.2) is 38.0 Å². The molecule has 4 nitrogen and oxygen atoms in total. The SMILES string of the molecule is CC1=CC[C@H](Br)[C@@]2(C)CC[C@@H](Br)[C@]3(C)CC[C@H](OC(=O)c4ccc(O)c(c4)CC12)C(C)(C)O3. The highest BCUT2D eigenvalue weighted by Crippen LogP contribution is 2.52. The van der Waals surface area contributed by atoms with Crippen molar-refractivity contribution >= 4 is 37.8 Å². The van der Waals surface area contributed by atoms with Crippen molar-refractivity contribution in [1.29, 1.82) is 0 Å². The average molecular weight is 584 g/mol. The Labute approximate surface area is 214 Å². The molecule has 33 heavy (non-hydrogen) atoms. The van der Waals surface area contributed by atoms with Crippen molar-refractivity contribution in [3.63, 3.8) is 0 Å². The molecule has 1 saturated heterocycles. The van der Waals surface area contributed by atoms with Crippen molar-refractivity contribution in [3.8, 4) is 5.75 Å². The molecule has 1 aromatic carbocycles. The lowest BCUT2D eigenvalue weighted by Crippen LogP contribution is -2.56. The number of fused-ring (bicyclic) bond motifs is 5. The van der Waals surface area contributed by atoms with E-state index in [1.54, 1.807) is 12.1 Å². The van der Waals surface area contributed by atoms with E-state index < -0.39 is 5.60 Å². The van der Waals surface area contributed by atoms with Crippen LogP contribution in [0.15, 0.2) is 29.8 Å². The van der Waals surface area contributed by atoms with E-state index in [2.05, 4.69) is 58.7 Å². The minimum absolute atomic E-state index is 0.00291.